The van der Waals surface area contributed by atoms with E-state index in [-0.39, 0.29) is 0 Å². The van der Waals surface area contributed by atoms with E-state index in [1.807, 2.05) is 0 Å². The van der Waals surface area contributed by atoms with Crippen molar-refractivity contribution >= 4 is 5.95 Å². The fraction of sp³-hybridized carbons (Fsp3) is 0.583. The summed E-state index contributed by atoms with van der Waals surface area (Å²) in [5.74, 6) is 0.694. The molecular formula is C12H15N5. The van der Waals surface area contributed by atoms with Crippen LogP contribution in [-0.2, 0) is 0 Å². The van der Waals surface area contributed by atoms with Crippen LogP contribution in [0.1, 0.15) is 18.5 Å². The summed E-state index contributed by atoms with van der Waals surface area (Å²) in [6.07, 6.45) is 4.38. The lowest BCUT2D eigenvalue weighted by Gasteiger charge is -2.34. The van der Waals surface area contributed by atoms with Crippen molar-refractivity contribution in [3.05, 3.63) is 18.0 Å². The molecule has 1 aromatic heterocycles. The predicted molar refractivity (Wildman–Crippen MR) is 63.6 cm³/mol. The summed E-state index contributed by atoms with van der Waals surface area (Å²) in [4.78, 5) is 13.2. The summed E-state index contributed by atoms with van der Waals surface area (Å²) < 4.78 is 0. The minimum absolute atomic E-state index is 0.444. The molecule has 5 heteroatoms. The lowest BCUT2D eigenvalue weighted by Crippen LogP contribution is -2.47. The van der Waals surface area contributed by atoms with E-state index in [9.17, 15) is 0 Å². The quantitative estimate of drug-likeness (QED) is 0.744. The average Bonchev–Trinajstić information content (AvgIpc) is 3.23. The first-order valence-corrected chi connectivity index (χ1v) is 6.09. The molecule has 0 spiro atoms. The smallest absolute Gasteiger partial charge is 0.226 e. The molecule has 0 atom stereocenters. The van der Waals surface area contributed by atoms with Gasteiger partial charge in [-0.05, 0) is 18.9 Å². The Morgan fingerprint density at radius 2 is 2.00 bits per heavy atom. The Balaban J connectivity index is 1.67. The van der Waals surface area contributed by atoms with Gasteiger partial charge in [-0.2, -0.15) is 5.26 Å². The minimum Gasteiger partial charge on any atom is -0.338 e. The summed E-state index contributed by atoms with van der Waals surface area (Å²) in [5.41, 5.74) is 0.444. The highest BCUT2D eigenvalue weighted by Gasteiger charge is 2.31. The molecule has 0 N–H and O–H groups in total. The molecule has 0 radical (unpaired) electrons. The first kappa shape index (κ1) is 10.5. The largest absolute Gasteiger partial charge is 0.338 e. The lowest BCUT2D eigenvalue weighted by atomic mass is 10.3. The van der Waals surface area contributed by atoms with E-state index in [0.717, 1.165) is 32.2 Å². The summed E-state index contributed by atoms with van der Waals surface area (Å²) in [5, 5.41) is 8.82. The molecule has 2 aliphatic rings. The first-order valence-electron chi connectivity index (χ1n) is 6.09. The molecule has 2 fully saturated rings. The second-order valence-electron chi connectivity index (χ2n) is 4.61. The molecule has 0 aromatic carbocycles. The maximum atomic E-state index is 8.82. The zero-order valence-corrected chi connectivity index (χ0v) is 9.71. The van der Waals surface area contributed by atoms with E-state index in [0.29, 0.717) is 11.6 Å². The molecule has 17 heavy (non-hydrogen) atoms. The van der Waals surface area contributed by atoms with Gasteiger partial charge in [0.15, 0.2) is 0 Å². The lowest BCUT2D eigenvalue weighted by molar-refractivity contribution is 0.247. The Morgan fingerprint density at radius 1 is 1.24 bits per heavy atom. The van der Waals surface area contributed by atoms with E-state index in [4.69, 9.17) is 5.26 Å². The van der Waals surface area contributed by atoms with Gasteiger partial charge in [-0.25, -0.2) is 9.97 Å². The molecule has 0 amide bonds. The van der Waals surface area contributed by atoms with Crippen LogP contribution in [0.5, 0.6) is 0 Å². The molecule has 0 bridgehead atoms. The van der Waals surface area contributed by atoms with Gasteiger partial charge in [-0.1, -0.05) is 0 Å². The van der Waals surface area contributed by atoms with Crippen molar-refractivity contribution in [2.75, 3.05) is 31.1 Å². The topological polar surface area (TPSA) is 56.1 Å². The molecule has 1 aliphatic carbocycles. The second kappa shape index (κ2) is 4.30. The highest BCUT2D eigenvalue weighted by molar-refractivity contribution is 5.34. The number of rotatable bonds is 2. The van der Waals surface area contributed by atoms with Gasteiger partial charge in [-0.3, -0.25) is 4.90 Å². The Morgan fingerprint density at radius 3 is 2.65 bits per heavy atom. The molecule has 1 aromatic rings. The van der Waals surface area contributed by atoms with Gasteiger partial charge < -0.3 is 4.90 Å². The van der Waals surface area contributed by atoms with Crippen LogP contribution in [0.25, 0.3) is 0 Å². The highest BCUT2D eigenvalue weighted by atomic mass is 15.3. The molecule has 1 aliphatic heterocycles. The molecule has 0 unspecified atom stereocenters. The van der Waals surface area contributed by atoms with Gasteiger partial charge in [0.25, 0.3) is 0 Å². The minimum atomic E-state index is 0.444. The molecule has 88 valence electrons. The van der Waals surface area contributed by atoms with Gasteiger partial charge >= 0.3 is 0 Å². The number of aromatic nitrogens is 2. The van der Waals surface area contributed by atoms with E-state index in [1.54, 1.807) is 12.3 Å². The van der Waals surface area contributed by atoms with Gasteiger partial charge in [-0.15, -0.1) is 0 Å². The van der Waals surface area contributed by atoms with Crippen LogP contribution in [0, 0.1) is 11.3 Å². The third-order valence-electron chi connectivity index (χ3n) is 3.42. The van der Waals surface area contributed by atoms with Crippen LogP contribution in [-0.4, -0.2) is 47.1 Å². The number of anilines is 1. The van der Waals surface area contributed by atoms with Crippen LogP contribution in [0.15, 0.2) is 12.3 Å². The third kappa shape index (κ3) is 2.22. The first-order chi connectivity index (χ1) is 8.36. The van der Waals surface area contributed by atoms with E-state index in [2.05, 4.69) is 25.8 Å². The van der Waals surface area contributed by atoms with Crippen molar-refractivity contribution in [1.82, 2.24) is 14.9 Å². The SMILES string of the molecule is N#Cc1ccnc(N2CCN(C3CC3)CC2)n1. The normalized spacial score (nSPS) is 21.2. The maximum Gasteiger partial charge on any atom is 0.226 e. The van der Waals surface area contributed by atoms with Crippen LogP contribution in [0.3, 0.4) is 0 Å². The Hall–Kier alpha value is -1.67. The zero-order chi connectivity index (χ0) is 11.7. The molecule has 3 rings (SSSR count). The van der Waals surface area contributed by atoms with Crippen LogP contribution in [0.2, 0.25) is 0 Å². The monoisotopic (exact) mass is 229 g/mol. The van der Waals surface area contributed by atoms with Crippen LogP contribution >= 0.6 is 0 Å². The maximum absolute atomic E-state index is 8.82. The Labute approximate surface area is 101 Å². The fourth-order valence-electron chi connectivity index (χ4n) is 2.29. The van der Waals surface area contributed by atoms with Crippen molar-refractivity contribution < 1.29 is 0 Å². The van der Waals surface area contributed by atoms with E-state index >= 15 is 0 Å². The molecule has 1 saturated heterocycles. The third-order valence-corrected chi connectivity index (χ3v) is 3.42. The van der Waals surface area contributed by atoms with Gasteiger partial charge in [0, 0.05) is 38.4 Å². The number of piperazine rings is 1. The molecular weight excluding hydrogens is 214 g/mol. The molecule has 2 heterocycles. The van der Waals surface area contributed by atoms with E-state index < -0.39 is 0 Å². The summed E-state index contributed by atoms with van der Waals surface area (Å²) in [6, 6.07) is 4.53. The zero-order valence-electron chi connectivity index (χ0n) is 9.71. The predicted octanol–water partition coefficient (Wildman–Crippen LogP) is 0.633. The standard InChI is InChI=1S/C12H15N5/c13-9-10-3-4-14-12(15-10)17-7-5-16(6-8-17)11-1-2-11/h3-4,11H,1-2,5-8H2. The molecule has 5 nitrogen and oxygen atoms in total. The van der Waals surface area contributed by atoms with Gasteiger partial charge in [0.1, 0.15) is 11.8 Å². The van der Waals surface area contributed by atoms with Crippen molar-refractivity contribution in [1.29, 1.82) is 5.26 Å². The number of nitrogens with zero attached hydrogens (tertiary/aromatic N) is 5. The number of hydrogen-bond donors (Lipinski definition) is 0. The summed E-state index contributed by atoms with van der Waals surface area (Å²) in [7, 11) is 0. The number of nitriles is 1. The number of hydrogen-bond acceptors (Lipinski definition) is 5. The highest BCUT2D eigenvalue weighted by Crippen LogP contribution is 2.27. The Kier molecular flexibility index (Phi) is 2.65. The average molecular weight is 229 g/mol. The van der Waals surface area contributed by atoms with Crippen molar-refractivity contribution in [2.45, 2.75) is 18.9 Å². The summed E-state index contributed by atoms with van der Waals surface area (Å²) >= 11 is 0. The second-order valence-corrected chi connectivity index (χ2v) is 4.61. The molecule has 1 saturated carbocycles. The van der Waals surface area contributed by atoms with Gasteiger partial charge in [0.2, 0.25) is 5.95 Å². The van der Waals surface area contributed by atoms with Crippen molar-refractivity contribution in [3.63, 3.8) is 0 Å². The Bertz CT molecular complexity index is 440. The summed E-state index contributed by atoms with van der Waals surface area (Å²) in [6.45, 7) is 4.10. The van der Waals surface area contributed by atoms with Crippen LogP contribution in [0.4, 0.5) is 5.95 Å². The van der Waals surface area contributed by atoms with Crippen molar-refractivity contribution in [3.8, 4) is 6.07 Å². The van der Waals surface area contributed by atoms with Gasteiger partial charge in [0.05, 0.1) is 0 Å². The van der Waals surface area contributed by atoms with Crippen LogP contribution < -0.4 is 4.90 Å². The fourth-order valence-corrected chi connectivity index (χ4v) is 2.29. The van der Waals surface area contributed by atoms with E-state index in [1.165, 1.54) is 12.8 Å². The van der Waals surface area contributed by atoms with Crippen molar-refractivity contribution in [2.24, 2.45) is 0 Å².